The Kier molecular flexibility index (Phi) is 5.27. The number of carbonyl (C=O) groups excluding carboxylic acids is 1. The lowest BCUT2D eigenvalue weighted by Crippen LogP contribution is -2.42. The maximum absolute atomic E-state index is 12.8. The maximum atomic E-state index is 12.8. The van der Waals surface area contributed by atoms with Crippen LogP contribution in [0.5, 0.6) is 0 Å². The Morgan fingerprint density at radius 1 is 1.25 bits per heavy atom. The molecule has 2 N–H and O–H groups in total. The number of carbonyl (C=O) groups is 1. The van der Waals surface area contributed by atoms with Crippen molar-refractivity contribution in [3.63, 3.8) is 0 Å². The van der Waals surface area contributed by atoms with Gasteiger partial charge >= 0.3 is 0 Å². The number of hydrogen-bond donors (Lipinski definition) is 2. The SMILES string of the molecule is O=C(NCC1(O)CCCC1)C(Cc1ccco1)c1ccc(Cl)cc1. The van der Waals surface area contributed by atoms with Crippen molar-refractivity contribution in [3.05, 3.63) is 59.0 Å². The molecule has 5 heteroatoms. The van der Waals surface area contributed by atoms with Gasteiger partial charge in [-0.15, -0.1) is 0 Å². The molecule has 1 fully saturated rings. The second-order valence-corrected chi connectivity index (χ2v) is 6.97. The average molecular weight is 348 g/mol. The highest BCUT2D eigenvalue weighted by Gasteiger charge is 2.32. The average Bonchev–Trinajstić information content (AvgIpc) is 3.24. The summed E-state index contributed by atoms with van der Waals surface area (Å²) in [6.45, 7) is 0.300. The second kappa shape index (κ2) is 7.41. The number of benzene rings is 1. The lowest BCUT2D eigenvalue weighted by molar-refractivity contribution is -0.123. The van der Waals surface area contributed by atoms with Gasteiger partial charge in [0.25, 0.3) is 0 Å². The Hall–Kier alpha value is -1.78. The number of furan rings is 1. The number of rotatable bonds is 6. The zero-order valence-corrected chi connectivity index (χ0v) is 14.3. The molecule has 1 aromatic heterocycles. The van der Waals surface area contributed by atoms with Gasteiger partial charge in [0.15, 0.2) is 0 Å². The molecule has 0 aliphatic heterocycles. The van der Waals surface area contributed by atoms with Gasteiger partial charge < -0.3 is 14.8 Å². The Morgan fingerprint density at radius 2 is 1.96 bits per heavy atom. The second-order valence-electron chi connectivity index (χ2n) is 6.54. The van der Waals surface area contributed by atoms with Gasteiger partial charge in [-0.25, -0.2) is 0 Å². The Balaban J connectivity index is 1.73. The first-order valence-corrected chi connectivity index (χ1v) is 8.71. The molecule has 128 valence electrons. The molecule has 1 aliphatic rings. The molecule has 1 atom stereocenters. The topological polar surface area (TPSA) is 62.5 Å². The minimum Gasteiger partial charge on any atom is -0.469 e. The maximum Gasteiger partial charge on any atom is 0.228 e. The van der Waals surface area contributed by atoms with Crippen molar-refractivity contribution < 1.29 is 14.3 Å². The molecule has 1 aromatic carbocycles. The summed E-state index contributed by atoms with van der Waals surface area (Å²) in [6.07, 6.45) is 5.60. The minimum atomic E-state index is -0.759. The largest absolute Gasteiger partial charge is 0.469 e. The van der Waals surface area contributed by atoms with Crippen LogP contribution >= 0.6 is 11.6 Å². The van der Waals surface area contributed by atoms with Crippen LogP contribution in [0.2, 0.25) is 5.02 Å². The Labute approximate surface area is 146 Å². The van der Waals surface area contributed by atoms with Crippen LogP contribution < -0.4 is 5.32 Å². The summed E-state index contributed by atoms with van der Waals surface area (Å²) in [5, 5.41) is 14.0. The fourth-order valence-corrected chi connectivity index (χ4v) is 3.40. The lowest BCUT2D eigenvalue weighted by Gasteiger charge is -2.24. The van der Waals surface area contributed by atoms with Crippen molar-refractivity contribution in [2.24, 2.45) is 0 Å². The summed E-state index contributed by atoms with van der Waals surface area (Å²) in [6, 6.07) is 11.0. The van der Waals surface area contributed by atoms with Crippen LogP contribution in [0.3, 0.4) is 0 Å². The summed E-state index contributed by atoms with van der Waals surface area (Å²) in [5.74, 6) is 0.275. The third-order valence-electron chi connectivity index (χ3n) is 4.70. The van der Waals surface area contributed by atoms with Crippen molar-refractivity contribution in [1.29, 1.82) is 0 Å². The minimum absolute atomic E-state index is 0.103. The van der Waals surface area contributed by atoms with E-state index in [4.69, 9.17) is 16.0 Å². The van der Waals surface area contributed by atoms with Crippen LogP contribution in [0, 0.1) is 0 Å². The summed E-state index contributed by atoms with van der Waals surface area (Å²) in [4.78, 5) is 12.8. The molecule has 0 bridgehead atoms. The van der Waals surface area contributed by atoms with Crippen LogP contribution in [-0.2, 0) is 11.2 Å². The predicted octanol–water partition coefficient (Wildman–Crippen LogP) is 3.68. The van der Waals surface area contributed by atoms with E-state index in [-0.39, 0.29) is 11.8 Å². The number of amides is 1. The molecular weight excluding hydrogens is 326 g/mol. The first kappa shape index (κ1) is 17.1. The van der Waals surface area contributed by atoms with Gasteiger partial charge in [0.2, 0.25) is 5.91 Å². The molecule has 4 nitrogen and oxygen atoms in total. The van der Waals surface area contributed by atoms with Gasteiger partial charge in [-0.1, -0.05) is 36.6 Å². The highest BCUT2D eigenvalue weighted by Crippen LogP contribution is 2.29. The van der Waals surface area contributed by atoms with E-state index in [1.54, 1.807) is 18.4 Å². The van der Waals surface area contributed by atoms with Crippen molar-refractivity contribution in [2.75, 3.05) is 6.54 Å². The van der Waals surface area contributed by atoms with Crippen LogP contribution in [0.4, 0.5) is 0 Å². The Bertz CT molecular complexity index is 660. The molecule has 1 saturated carbocycles. The highest BCUT2D eigenvalue weighted by molar-refractivity contribution is 6.30. The number of aliphatic hydroxyl groups is 1. The molecule has 3 rings (SSSR count). The quantitative estimate of drug-likeness (QED) is 0.837. The van der Waals surface area contributed by atoms with Crippen LogP contribution in [0.15, 0.2) is 47.1 Å². The first-order valence-electron chi connectivity index (χ1n) is 8.34. The number of halogens is 1. The summed E-state index contributed by atoms with van der Waals surface area (Å²) < 4.78 is 5.40. The standard InChI is InChI=1S/C19H22ClNO3/c20-15-7-5-14(6-8-15)17(12-16-4-3-11-24-16)18(22)21-13-19(23)9-1-2-10-19/h3-8,11,17,23H,1-2,9-10,12-13H2,(H,21,22). The Morgan fingerprint density at radius 3 is 2.58 bits per heavy atom. The molecule has 1 heterocycles. The molecular formula is C19H22ClNO3. The summed E-state index contributed by atoms with van der Waals surface area (Å²) in [7, 11) is 0. The molecule has 0 radical (unpaired) electrons. The number of nitrogens with one attached hydrogen (secondary N) is 1. The van der Waals surface area contributed by atoms with Crippen LogP contribution in [0.1, 0.15) is 42.9 Å². The molecule has 0 spiro atoms. The van der Waals surface area contributed by atoms with Gasteiger partial charge in [-0.3, -0.25) is 4.79 Å². The fraction of sp³-hybridized carbons (Fsp3) is 0.421. The molecule has 24 heavy (non-hydrogen) atoms. The molecule has 1 unspecified atom stereocenters. The van der Waals surface area contributed by atoms with E-state index in [0.717, 1.165) is 37.0 Å². The van der Waals surface area contributed by atoms with Gasteiger partial charge in [-0.2, -0.15) is 0 Å². The molecule has 1 amide bonds. The third-order valence-corrected chi connectivity index (χ3v) is 4.95. The summed E-state index contributed by atoms with van der Waals surface area (Å²) in [5.41, 5.74) is 0.122. The van der Waals surface area contributed by atoms with Gasteiger partial charge in [0.05, 0.1) is 17.8 Å². The van der Waals surface area contributed by atoms with Gasteiger partial charge in [0, 0.05) is 18.0 Å². The van der Waals surface area contributed by atoms with Gasteiger partial charge in [-0.05, 0) is 42.7 Å². The molecule has 2 aromatic rings. The molecule has 1 aliphatic carbocycles. The lowest BCUT2D eigenvalue weighted by atomic mass is 9.93. The summed E-state index contributed by atoms with van der Waals surface area (Å²) >= 11 is 5.95. The normalized spacial score (nSPS) is 17.6. The van der Waals surface area contributed by atoms with Crippen LogP contribution in [-0.4, -0.2) is 23.2 Å². The van der Waals surface area contributed by atoms with Crippen LogP contribution in [0.25, 0.3) is 0 Å². The monoisotopic (exact) mass is 347 g/mol. The van der Waals surface area contributed by atoms with Gasteiger partial charge in [0.1, 0.15) is 5.76 Å². The van der Waals surface area contributed by atoms with Crippen molar-refractivity contribution in [3.8, 4) is 0 Å². The van der Waals surface area contributed by atoms with E-state index in [0.29, 0.717) is 18.0 Å². The van der Waals surface area contributed by atoms with E-state index >= 15 is 0 Å². The van der Waals surface area contributed by atoms with E-state index in [1.165, 1.54) is 0 Å². The highest BCUT2D eigenvalue weighted by atomic mass is 35.5. The van der Waals surface area contributed by atoms with Crippen molar-refractivity contribution in [2.45, 2.75) is 43.6 Å². The smallest absolute Gasteiger partial charge is 0.228 e. The van der Waals surface area contributed by atoms with Crippen molar-refractivity contribution >= 4 is 17.5 Å². The number of hydrogen-bond acceptors (Lipinski definition) is 3. The third kappa shape index (κ3) is 4.19. The van der Waals surface area contributed by atoms with Crippen molar-refractivity contribution in [1.82, 2.24) is 5.32 Å². The predicted molar refractivity (Wildman–Crippen MR) is 93.0 cm³/mol. The first-order chi connectivity index (χ1) is 11.6. The zero-order chi connectivity index (χ0) is 17.0. The zero-order valence-electron chi connectivity index (χ0n) is 13.5. The van der Waals surface area contributed by atoms with E-state index < -0.39 is 5.60 Å². The van der Waals surface area contributed by atoms with E-state index in [9.17, 15) is 9.90 Å². The fourth-order valence-electron chi connectivity index (χ4n) is 3.27. The van der Waals surface area contributed by atoms with E-state index in [1.807, 2.05) is 24.3 Å². The van der Waals surface area contributed by atoms with E-state index in [2.05, 4.69) is 5.32 Å². The molecule has 0 saturated heterocycles.